The van der Waals surface area contributed by atoms with E-state index in [4.69, 9.17) is 9.47 Å². The monoisotopic (exact) mass is 404 g/mol. The van der Waals surface area contributed by atoms with Crippen LogP contribution in [-0.2, 0) is 19.1 Å². The van der Waals surface area contributed by atoms with Gasteiger partial charge in [-0.2, -0.15) is 0 Å². The summed E-state index contributed by atoms with van der Waals surface area (Å²) in [7, 11) is 0. The van der Waals surface area contributed by atoms with Gasteiger partial charge < -0.3 is 14.6 Å². The standard InChI is InChI=1S/C24H36O5/c1-13(2)8-11-21(28-17(6)25)16(5)20-12-22(29-18(7)26)15(4)19-10-9-14(3)23(19)24(20)27/h8-9,16,19-24,27H,4,10-12H2,1-3,5-7H3/t16?,19-,20-,21?,22+,23+,24+/m0/s1. The smallest absolute Gasteiger partial charge is 0.303 e. The molecular weight excluding hydrogens is 368 g/mol. The molecule has 5 nitrogen and oxygen atoms in total. The fourth-order valence-corrected chi connectivity index (χ4v) is 4.91. The van der Waals surface area contributed by atoms with Gasteiger partial charge in [0.2, 0.25) is 0 Å². The number of hydrogen-bond acceptors (Lipinski definition) is 5. The van der Waals surface area contributed by atoms with E-state index < -0.39 is 12.2 Å². The Morgan fingerprint density at radius 1 is 1.28 bits per heavy atom. The maximum absolute atomic E-state index is 11.7. The molecule has 0 amide bonds. The number of fused-ring (bicyclic) bond motifs is 1. The molecule has 0 heterocycles. The molecule has 0 spiro atoms. The second kappa shape index (κ2) is 9.75. The third-order valence-corrected chi connectivity index (χ3v) is 6.48. The van der Waals surface area contributed by atoms with E-state index in [1.165, 1.54) is 13.8 Å². The minimum atomic E-state index is -0.615. The summed E-state index contributed by atoms with van der Waals surface area (Å²) in [5, 5.41) is 11.4. The van der Waals surface area contributed by atoms with E-state index in [1.807, 2.05) is 27.7 Å². The lowest BCUT2D eigenvalue weighted by atomic mass is 9.75. The van der Waals surface area contributed by atoms with Gasteiger partial charge in [-0.3, -0.25) is 9.59 Å². The molecule has 2 aliphatic carbocycles. The Balaban J connectivity index is 2.38. The van der Waals surface area contributed by atoms with E-state index in [-0.39, 0.29) is 41.7 Å². The number of hydrogen-bond donors (Lipinski definition) is 1. The lowest BCUT2D eigenvalue weighted by Crippen LogP contribution is -2.40. The molecule has 7 atom stereocenters. The molecule has 2 unspecified atom stereocenters. The molecule has 2 rings (SSSR count). The minimum absolute atomic E-state index is 0.0445. The Morgan fingerprint density at radius 2 is 1.93 bits per heavy atom. The van der Waals surface area contributed by atoms with Crippen molar-refractivity contribution in [1.82, 2.24) is 0 Å². The van der Waals surface area contributed by atoms with Crippen LogP contribution < -0.4 is 0 Å². The highest BCUT2D eigenvalue weighted by molar-refractivity contribution is 5.66. The van der Waals surface area contributed by atoms with E-state index in [0.717, 1.165) is 23.1 Å². The summed E-state index contributed by atoms with van der Waals surface area (Å²) >= 11 is 0. The summed E-state index contributed by atoms with van der Waals surface area (Å²) < 4.78 is 11.3. The SMILES string of the molecule is C=C1[C@H](OC(C)=O)C[C@@H](C(C)C(CC=C(C)C)OC(C)=O)[C@@H](O)[C@@H]2C(C)=CC[C@@H]12. The number of aliphatic hydroxyl groups is 1. The third-order valence-electron chi connectivity index (χ3n) is 6.48. The Morgan fingerprint density at radius 3 is 2.48 bits per heavy atom. The lowest BCUT2D eigenvalue weighted by Gasteiger charge is -2.36. The maximum Gasteiger partial charge on any atom is 0.303 e. The highest BCUT2D eigenvalue weighted by Gasteiger charge is 2.47. The van der Waals surface area contributed by atoms with Gasteiger partial charge in [0.15, 0.2) is 0 Å². The number of esters is 2. The van der Waals surface area contributed by atoms with Crippen LogP contribution in [0.25, 0.3) is 0 Å². The predicted molar refractivity (Wildman–Crippen MR) is 113 cm³/mol. The van der Waals surface area contributed by atoms with Crippen LogP contribution in [0.1, 0.15) is 60.8 Å². The normalized spacial score (nSPS) is 31.1. The average molecular weight is 405 g/mol. The van der Waals surface area contributed by atoms with Crippen molar-refractivity contribution in [3.8, 4) is 0 Å². The average Bonchev–Trinajstić information content (AvgIpc) is 2.96. The van der Waals surface area contributed by atoms with E-state index in [2.05, 4.69) is 18.7 Å². The lowest BCUT2D eigenvalue weighted by molar-refractivity contribution is -0.152. The summed E-state index contributed by atoms with van der Waals surface area (Å²) in [4.78, 5) is 23.5. The van der Waals surface area contributed by atoms with Gasteiger partial charge in [0, 0.05) is 26.2 Å². The number of carbonyl (C=O) groups excluding carboxylic acids is 2. The van der Waals surface area contributed by atoms with Crippen LogP contribution in [-0.4, -0.2) is 35.4 Å². The van der Waals surface area contributed by atoms with E-state index in [1.54, 1.807) is 0 Å². The first kappa shape index (κ1) is 23.4. The summed E-state index contributed by atoms with van der Waals surface area (Å²) in [6.45, 7) is 15.1. The molecule has 1 N–H and O–H groups in total. The molecule has 162 valence electrons. The van der Waals surface area contributed by atoms with Crippen LogP contribution in [0.3, 0.4) is 0 Å². The first-order valence-electron chi connectivity index (χ1n) is 10.5. The fraction of sp³-hybridized carbons (Fsp3) is 0.667. The molecule has 29 heavy (non-hydrogen) atoms. The van der Waals surface area contributed by atoms with Gasteiger partial charge in [0.05, 0.1) is 6.10 Å². The quantitative estimate of drug-likeness (QED) is 0.526. The molecule has 0 aromatic rings. The molecule has 0 aromatic heterocycles. The van der Waals surface area contributed by atoms with E-state index >= 15 is 0 Å². The zero-order chi connectivity index (χ0) is 21.9. The molecule has 0 radical (unpaired) electrons. The van der Waals surface area contributed by atoms with Crippen molar-refractivity contribution in [1.29, 1.82) is 0 Å². The molecular formula is C24H36O5. The van der Waals surface area contributed by atoms with Crippen molar-refractivity contribution in [2.24, 2.45) is 23.7 Å². The largest absolute Gasteiger partial charge is 0.462 e. The highest BCUT2D eigenvalue weighted by Crippen LogP contribution is 2.48. The van der Waals surface area contributed by atoms with Crippen LogP contribution in [0, 0.1) is 23.7 Å². The molecule has 0 bridgehead atoms. The molecule has 0 aliphatic heterocycles. The third kappa shape index (κ3) is 5.59. The summed E-state index contributed by atoms with van der Waals surface area (Å²) in [6.07, 6.45) is 4.67. The Kier molecular flexibility index (Phi) is 7.87. The molecule has 5 heteroatoms. The van der Waals surface area contributed by atoms with Crippen LogP contribution in [0.5, 0.6) is 0 Å². The Hall–Kier alpha value is -1.88. The van der Waals surface area contributed by atoms with Crippen molar-refractivity contribution < 1.29 is 24.2 Å². The van der Waals surface area contributed by atoms with Gasteiger partial charge in [-0.25, -0.2) is 0 Å². The minimum Gasteiger partial charge on any atom is -0.462 e. The van der Waals surface area contributed by atoms with Crippen LogP contribution >= 0.6 is 0 Å². The second-order valence-corrected chi connectivity index (χ2v) is 8.90. The zero-order valence-electron chi connectivity index (χ0n) is 18.6. The molecule has 0 aromatic carbocycles. The predicted octanol–water partition coefficient (Wildman–Crippen LogP) is 4.36. The number of rotatable bonds is 6. The molecule has 1 saturated carbocycles. The summed E-state index contributed by atoms with van der Waals surface area (Å²) in [5.74, 6) is -0.958. The number of carbonyl (C=O) groups is 2. The fourth-order valence-electron chi connectivity index (χ4n) is 4.91. The van der Waals surface area contributed by atoms with Gasteiger partial charge in [-0.15, -0.1) is 0 Å². The Bertz CT molecular complexity index is 700. The highest BCUT2D eigenvalue weighted by atomic mass is 16.5. The van der Waals surface area contributed by atoms with Crippen molar-refractivity contribution >= 4 is 11.9 Å². The van der Waals surface area contributed by atoms with Crippen LogP contribution in [0.15, 0.2) is 35.5 Å². The Labute approximate surface area is 174 Å². The van der Waals surface area contributed by atoms with Crippen molar-refractivity contribution in [2.45, 2.75) is 79.1 Å². The maximum atomic E-state index is 11.7. The van der Waals surface area contributed by atoms with Gasteiger partial charge in [0.1, 0.15) is 12.2 Å². The molecule has 0 saturated heterocycles. The van der Waals surface area contributed by atoms with Crippen molar-refractivity contribution in [3.05, 3.63) is 35.5 Å². The summed E-state index contributed by atoms with van der Waals surface area (Å²) in [6, 6.07) is 0. The second-order valence-electron chi connectivity index (χ2n) is 8.90. The van der Waals surface area contributed by atoms with E-state index in [9.17, 15) is 14.7 Å². The number of ether oxygens (including phenoxy) is 2. The van der Waals surface area contributed by atoms with Crippen LogP contribution in [0.2, 0.25) is 0 Å². The zero-order valence-corrected chi connectivity index (χ0v) is 18.6. The van der Waals surface area contributed by atoms with Crippen molar-refractivity contribution in [2.75, 3.05) is 0 Å². The number of aliphatic hydroxyl groups excluding tert-OH is 1. The topological polar surface area (TPSA) is 72.8 Å². The number of allylic oxidation sites excluding steroid dienone is 2. The first-order valence-corrected chi connectivity index (χ1v) is 10.5. The molecule has 1 fully saturated rings. The van der Waals surface area contributed by atoms with Gasteiger partial charge in [-0.05, 0) is 56.9 Å². The van der Waals surface area contributed by atoms with E-state index in [0.29, 0.717) is 12.8 Å². The summed E-state index contributed by atoms with van der Waals surface area (Å²) in [5.41, 5.74) is 3.18. The van der Waals surface area contributed by atoms with Crippen molar-refractivity contribution in [3.63, 3.8) is 0 Å². The van der Waals surface area contributed by atoms with Gasteiger partial charge >= 0.3 is 11.9 Å². The van der Waals surface area contributed by atoms with Crippen LogP contribution in [0.4, 0.5) is 0 Å². The first-order chi connectivity index (χ1) is 13.5. The van der Waals surface area contributed by atoms with Gasteiger partial charge in [0.25, 0.3) is 0 Å². The van der Waals surface area contributed by atoms with Gasteiger partial charge in [-0.1, -0.05) is 36.8 Å². The molecule has 2 aliphatic rings.